The summed E-state index contributed by atoms with van der Waals surface area (Å²) in [6.07, 6.45) is -3.83. The van der Waals surface area contributed by atoms with Crippen LogP contribution in [0, 0.1) is 0 Å². The van der Waals surface area contributed by atoms with E-state index >= 15 is 0 Å². The molecule has 0 saturated carbocycles. The van der Waals surface area contributed by atoms with Crippen LogP contribution in [0.2, 0.25) is 0 Å². The molecule has 1 aliphatic heterocycles. The molecule has 1 rings (SSSR count). The molecule has 0 radical (unpaired) electrons. The van der Waals surface area contributed by atoms with Gasteiger partial charge in [0.25, 0.3) is 0 Å². The molecule has 0 bridgehead atoms. The second-order valence-corrected chi connectivity index (χ2v) is 3.38. The standard InChI is InChI=1S/C6H10O7.C3H3N5/c7-1-2(8)3(9)4(10)5(11)6(12)13;1-2-4-6-8-7-5-3-1/h1-5,8-11H,(H,12,13);1-3H. The van der Waals surface area contributed by atoms with Crippen LogP contribution >= 0.6 is 0 Å². The van der Waals surface area contributed by atoms with Crippen LogP contribution in [0.5, 0.6) is 0 Å². The molecular formula is C9H13N5O7. The largest absolute Gasteiger partial charge is 0.479 e. The van der Waals surface area contributed by atoms with Crippen molar-refractivity contribution in [2.45, 2.75) is 24.4 Å². The maximum Gasteiger partial charge on any atom is 0.335 e. The molecule has 0 aromatic rings. The molecule has 12 heteroatoms. The number of carbonyl (C=O) groups is 2. The van der Waals surface area contributed by atoms with Crippen molar-refractivity contribution >= 4 is 18.5 Å². The fourth-order valence-corrected chi connectivity index (χ4v) is 0.855. The van der Waals surface area contributed by atoms with Crippen LogP contribution in [-0.4, -0.2) is 68.4 Å². The van der Waals surface area contributed by atoms with E-state index in [1.165, 1.54) is 12.4 Å². The normalized spacial score (nSPS) is 18.5. The first-order chi connectivity index (χ1) is 9.91. The lowest BCUT2D eigenvalue weighted by atomic mass is 10.0. The molecule has 4 unspecified atom stereocenters. The highest BCUT2D eigenvalue weighted by Gasteiger charge is 2.33. The molecule has 0 saturated heterocycles. The van der Waals surface area contributed by atoms with Gasteiger partial charge in [0, 0.05) is 0 Å². The lowest BCUT2D eigenvalue weighted by Crippen LogP contribution is -2.48. The zero-order chi connectivity index (χ0) is 16.3. The molecule has 1 heterocycles. The summed E-state index contributed by atoms with van der Waals surface area (Å²) < 4.78 is 0. The molecule has 12 nitrogen and oxygen atoms in total. The topological polar surface area (TPSA) is 197 Å². The zero-order valence-corrected chi connectivity index (χ0v) is 10.4. The second-order valence-electron chi connectivity index (χ2n) is 3.38. The Kier molecular flexibility index (Phi) is 9.19. The third kappa shape index (κ3) is 7.68. The summed E-state index contributed by atoms with van der Waals surface area (Å²) in [6.45, 7) is 0. The average Bonchev–Trinajstić information content (AvgIpc) is 2.43. The molecule has 0 spiro atoms. The van der Waals surface area contributed by atoms with Crippen molar-refractivity contribution in [2.75, 3.05) is 0 Å². The number of carboxylic acids is 1. The highest BCUT2D eigenvalue weighted by atomic mass is 16.4. The number of aliphatic hydroxyl groups is 4. The summed E-state index contributed by atoms with van der Waals surface area (Å²) >= 11 is 0. The van der Waals surface area contributed by atoms with Gasteiger partial charge in [0.05, 0.1) is 12.4 Å². The predicted octanol–water partition coefficient (Wildman–Crippen LogP) is -1.97. The van der Waals surface area contributed by atoms with Gasteiger partial charge in [0.15, 0.2) is 12.4 Å². The van der Waals surface area contributed by atoms with Crippen LogP contribution in [0.1, 0.15) is 0 Å². The first-order valence-corrected chi connectivity index (χ1v) is 5.30. The van der Waals surface area contributed by atoms with E-state index in [-0.39, 0.29) is 6.29 Å². The molecule has 5 N–H and O–H groups in total. The van der Waals surface area contributed by atoms with E-state index in [0.29, 0.717) is 0 Å². The van der Waals surface area contributed by atoms with Gasteiger partial charge in [0.1, 0.15) is 18.3 Å². The minimum Gasteiger partial charge on any atom is -0.479 e. The number of aliphatic carboxylic acids is 1. The first kappa shape index (κ1) is 18.6. The van der Waals surface area contributed by atoms with Gasteiger partial charge in [-0.2, -0.15) is 0 Å². The number of carbonyl (C=O) groups excluding carboxylic acids is 1. The van der Waals surface area contributed by atoms with E-state index < -0.39 is 30.4 Å². The summed E-state index contributed by atoms with van der Waals surface area (Å²) in [6, 6.07) is 0. The molecule has 0 fully saturated rings. The van der Waals surface area contributed by atoms with Crippen molar-refractivity contribution in [3.05, 3.63) is 12.3 Å². The number of hydrogen-bond donors (Lipinski definition) is 5. The summed E-state index contributed by atoms with van der Waals surface area (Å²) in [5.41, 5.74) is 0. The quantitative estimate of drug-likeness (QED) is 0.363. The van der Waals surface area contributed by atoms with Gasteiger partial charge in [-0.15, -0.1) is 10.2 Å². The van der Waals surface area contributed by atoms with E-state index in [0.717, 1.165) is 0 Å². The molecule has 1 aliphatic rings. The van der Waals surface area contributed by atoms with Gasteiger partial charge in [-0.1, -0.05) is 0 Å². The lowest BCUT2D eigenvalue weighted by Gasteiger charge is -2.21. The van der Waals surface area contributed by atoms with Crippen LogP contribution in [0.3, 0.4) is 0 Å². The van der Waals surface area contributed by atoms with Crippen molar-refractivity contribution in [3.8, 4) is 0 Å². The molecule has 116 valence electrons. The highest BCUT2D eigenvalue weighted by Crippen LogP contribution is 2.03. The summed E-state index contributed by atoms with van der Waals surface area (Å²) in [7, 11) is 0. The molecule has 0 aromatic carbocycles. The minimum atomic E-state index is -2.25. The van der Waals surface area contributed by atoms with E-state index in [1.807, 2.05) is 0 Å². The van der Waals surface area contributed by atoms with E-state index in [2.05, 4.69) is 25.9 Å². The van der Waals surface area contributed by atoms with E-state index in [4.69, 9.17) is 25.5 Å². The SMILES string of the molecule is C1=CN=NN=NN=C1.O=CC(O)C(O)C(O)C(O)C(=O)O. The van der Waals surface area contributed by atoms with Gasteiger partial charge in [-0.25, -0.2) is 4.79 Å². The van der Waals surface area contributed by atoms with Crippen molar-refractivity contribution in [1.82, 2.24) is 0 Å². The third-order valence-electron chi connectivity index (χ3n) is 1.90. The summed E-state index contributed by atoms with van der Waals surface area (Å²) in [4.78, 5) is 20.0. The first-order valence-electron chi connectivity index (χ1n) is 5.30. The number of allylic oxidation sites excluding steroid dienone is 1. The molecule has 0 aromatic heterocycles. The van der Waals surface area contributed by atoms with Crippen molar-refractivity contribution in [3.63, 3.8) is 0 Å². The Hall–Kier alpha value is -2.41. The van der Waals surface area contributed by atoms with Gasteiger partial charge < -0.3 is 30.3 Å². The predicted molar refractivity (Wildman–Crippen MR) is 65.1 cm³/mol. The maximum absolute atomic E-state index is 10.1. The number of aldehydes is 1. The smallest absolute Gasteiger partial charge is 0.335 e. The Morgan fingerprint density at radius 3 is 2.29 bits per heavy atom. The highest BCUT2D eigenvalue weighted by molar-refractivity contribution is 5.73. The third-order valence-corrected chi connectivity index (χ3v) is 1.90. The number of carboxylic acid groups (broad SMARTS) is 1. The number of nitrogens with zero attached hydrogens (tertiary/aromatic N) is 5. The fraction of sp³-hybridized carbons (Fsp3) is 0.444. The maximum atomic E-state index is 10.1. The fourth-order valence-electron chi connectivity index (χ4n) is 0.855. The average molecular weight is 303 g/mol. The molecule has 4 atom stereocenters. The second kappa shape index (κ2) is 10.4. The van der Waals surface area contributed by atoms with Gasteiger partial charge >= 0.3 is 5.97 Å². The van der Waals surface area contributed by atoms with Crippen molar-refractivity contribution in [2.24, 2.45) is 25.9 Å². The van der Waals surface area contributed by atoms with Gasteiger partial charge in [0.2, 0.25) is 0 Å². The van der Waals surface area contributed by atoms with Crippen LogP contribution < -0.4 is 0 Å². The van der Waals surface area contributed by atoms with Crippen LogP contribution in [0.4, 0.5) is 0 Å². The number of aliphatic hydroxyl groups excluding tert-OH is 4. The Balaban J connectivity index is 0.000000423. The van der Waals surface area contributed by atoms with E-state index in [1.54, 1.807) is 6.08 Å². The molecule has 0 amide bonds. The summed E-state index contributed by atoms with van der Waals surface area (Å²) in [5.74, 6) is -1.76. The minimum absolute atomic E-state index is 0.0809. The van der Waals surface area contributed by atoms with Gasteiger partial charge in [-0.3, -0.25) is 0 Å². The van der Waals surface area contributed by atoms with Crippen molar-refractivity contribution < 1.29 is 35.1 Å². The van der Waals surface area contributed by atoms with Crippen LogP contribution in [0.15, 0.2) is 38.2 Å². The van der Waals surface area contributed by atoms with Crippen molar-refractivity contribution in [1.29, 1.82) is 0 Å². The lowest BCUT2D eigenvalue weighted by molar-refractivity contribution is -0.163. The zero-order valence-electron chi connectivity index (χ0n) is 10.4. The van der Waals surface area contributed by atoms with E-state index in [9.17, 15) is 9.59 Å². The van der Waals surface area contributed by atoms with Gasteiger partial charge in [-0.05, 0) is 21.7 Å². The Bertz CT molecular complexity index is 394. The Morgan fingerprint density at radius 2 is 1.71 bits per heavy atom. The molecule has 21 heavy (non-hydrogen) atoms. The summed E-state index contributed by atoms with van der Waals surface area (Å²) in [5, 5.41) is 59.6. The number of hydrogen-bond acceptors (Lipinski definition) is 11. The Labute approximate surface area is 117 Å². The Morgan fingerprint density at radius 1 is 1.05 bits per heavy atom. The number of rotatable bonds is 5. The molecule has 0 aliphatic carbocycles. The monoisotopic (exact) mass is 303 g/mol. The van der Waals surface area contributed by atoms with Crippen LogP contribution in [-0.2, 0) is 9.59 Å². The molecular weight excluding hydrogens is 290 g/mol. The van der Waals surface area contributed by atoms with Crippen LogP contribution in [0.25, 0.3) is 0 Å².